The molecule has 190 valence electrons. The molecule has 8 heteroatoms. The molecule has 3 aromatic rings. The molecule has 0 saturated heterocycles. The van der Waals surface area contributed by atoms with Crippen molar-refractivity contribution in [1.82, 2.24) is 20.3 Å². The van der Waals surface area contributed by atoms with Crippen molar-refractivity contribution in [1.29, 1.82) is 0 Å². The Bertz CT molecular complexity index is 1170. The van der Waals surface area contributed by atoms with Gasteiger partial charge >= 0.3 is 6.09 Å². The second-order valence-electron chi connectivity index (χ2n) is 10.7. The Balaban J connectivity index is 1.79. The summed E-state index contributed by atoms with van der Waals surface area (Å²) >= 11 is 0. The molecule has 2 aromatic heterocycles. The van der Waals surface area contributed by atoms with E-state index in [9.17, 15) is 4.79 Å². The molecule has 1 atom stereocenters. The van der Waals surface area contributed by atoms with Crippen LogP contribution in [0.5, 0.6) is 5.75 Å². The Morgan fingerprint density at radius 3 is 2.54 bits per heavy atom. The summed E-state index contributed by atoms with van der Waals surface area (Å²) in [6, 6.07) is 8.02. The topological polar surface area (TPSA) is 98.4 Å². The van der Waals surface area contributed by atoms with Gasteiger partial charge in [0.05, 0.1) is 5.54 Å². The summed E-state index contributed by atoms with van der Waals surface area (Å²) in [6.07, 6.45) is 2.08. The van der Waals surface area contributed by atoms with Crippen LogP contribution in [0, 0.1) is 12.8 Å². The molecule has 0 fully saturated rings. The van der Waals surface area contributed by atoms with Crippen molar-refractivity contribution < 1.29 is 19.0 Å². The van der Waals surface area contributed by atoms with E-state index in [1.807, 2.05) is 52.8 Å². The molecule has 0 aliphatic carbocycles. The van der Waals surface area contributed by atoms with Gasteiger partial charge in [-0.15, -0.1) is 0 Å². The Labute approximate surface area is 207 Å². The average Bonchev–Trinajstić information content (AvgIpc) is 3.13. The highest BCUT2D eigenvalue weighted by Crippen LogP contribution is 2.31. The number of aryl methyl sites for hydroxylation is 1. The lowest BCUT2D eigenvalue weighted by atomic mass is 9.91. The quantitative estimate of drug-likeness (QED) is 0.401. The molecule has 2 heterocycles. The van der Waals surface area contributed by atoms with E-state index in [1.54, 1.807) is 13.3 Å². The number of nitrogens with zero attached hydrogens (tertiary/aromatic N) is 2. The molecule has 1 aromatic carbocycles. The Kier molecular flexibility index (Phi) is 8.05. The van der Waals surface area contributed by atoms with E-state index in [4.69, 9.17) is 14.2 Å². The number of amides is 1. The number of aromatic amines is 1. The predicted octanol–water partition coefficient (Wildman–Crippen LogP) is 5.79. The molecule has 35 heavy (non-hydrogen) atoms. The Morgan fingerprint density at radius 2 is 1.91 bits per heavy atom. The highest BCUT2D eigenvalue weighted by Gasteiger charge is 2.31. The van der Waals surface area contributed by atoms with Crippen LogP contribution in [0.1, 0.15) is 59.4 Å². The van der Waals surface area contributed by atoms with Gasteiger partial charge in [0.25, 0.3) is 0 Å². The van der Waals surface area contributed by atoms with E-state index in [2.05, 4.69) is 40.2 Å². The molecule has 0 saturated carbocycles. The molecule has 1 amide bonds. The number of hydrogen-bond acceptors (Lipinski definition) is 6. The molecule has 0 aliphatic rings. The minimum atomic E-state index is -0.578. The van der Waals surface area contributed by atoms with Crippen LogP contribution in [0.15, 0.2) is 30.5 Å². The van der Waals surface area contributed by atoms with Crippen molar-refractivity contribution in [2.45, 2.75) is 72.6 Å². The largest absolute Gasteiger partial charge is 0.491 e. The molecule has 0 bridgehead atoms. The number of carbonyl (C=O) groups is 1. The second-order valence-corrected chi connectivity index (χ2v) is 10.7. The summed E-state index contributed by atoms with van der Waals surface area (Å²) in [7, 11) is 1.64. The predicted molar refractivity (Wildman–Crippen MR) is 137 cm³/mol. The summed E-state index contributed by atoms with van der Waals surface area (Å²) < 4.78 is 16.9. The van der Waals surface area contributed by atoms with Gasteiger partial charge in [0.1, 0.15) is 35.9 Å². The Morgan fingerprint density at radius 1 is 1.17 bits per heavy atom. The van der Waals surface area contributed by atoms with Crippen molar-refractivity contribution in [3.63, 3.8) is 0 Å². The van der Waals surface area contributed by atoms with Crippen molar-refractivity contribution in [3.8, 4) is 16.9 Å². The van der Waals surface area contributed by atoms with Crippen LogP contribution < -0.4 is 10.1 Å². The monoisotopic (exact) mass is 482 g/mol. The van der Waals surface area contributed by atoms with E-state index in [0.717, 1.165) is 45.8 Å². The van der Waals surface area contributed by atoms with E-state index in [1.165, 1.54) is 0 Å². The Hall–Kier alpha value is -3.13. The smallest absolute Gasteiger partial charge is 0.408 e. The van der Waals surface area contributed by atoms with Crippen molar-refractivity contribution >= 4 is 17.3 Å². The minimum Gasteiger partial charge on any atom is -0.491 e. The highest BCUT2D eigenvalue weighted by molar-refractivity contribution is 5.90. The van der Waals surface area contributed by atoms with E-state index in [0.29, 0.717) is 19.1 Å². The fourth-order valence-electron chi connectivity index (χ4n) is 4.21. The number of alkyl carbamates (subject to hydrolysis) is 1. The molecular weight excluding hydrogens is 444 g/mol. The van der Waals surface area contributed by atoms with Crippen molar-refractivity contribution in [2.24, 2.45) is 5.92 Å². The number of methoxy groups -OCH3 is 1. The summed E-state index contributed by atoms with van der Waals surface area (Å²) in [5, 5.41) is 3.03. The molecule has 0 spiro atoms. The van der Waals surface area contributed by atoms with E-state index < -0.39 is 17.2 Å². The fraction of sp³-hybridized carbons (Fsp3) is 0.519. The number of aromatic nitrogens is 3. The number of benzene rings is 1. The molecule has 0 radical (unpaired) electrons. The minimum absolute atomic E-state index is 0.323. The number of ether oxygens (including phenoxy) is 3. The third kappa shape index (κ3) is 7.18. The fourth-order valence-corrected chi connectivity index (χ4v) is 4.21. The first kappa shape index (κ1) is 26.5. The number of pyridine rings is 1. The first-order valence-corrected chi connectivity index (χ1v) is 12.0. The van der Waals surface area contributed by atoms with Crippen LogP contribution in [0.2, 0.25) is 0 Å². The zero-order valence-corrected chi connectivity index (χ0v) is 22.1. The lowest BCUT2D eigenvalue weighted by Crippen LogP contribution is -2.52. The molecule has 3 rings (SSSR count). The van der Waals surface area contributed by atoms with Gasteiger partial charge in [0.2, 0.25) is 0 Å². The molecule has 0 aliphatic heterocycles. The van der Waals surface area contributed by atoms with Crippen molar-refractivity contribution in [3.05, 3.63) is 41.9 Å². The van der Waals surface area contributed by atoms with Gasteiger partial charge in [-0.25, -0.2) is 14.8 Å². The van der Waals surface area contributed by atoms with Gasteiger partial charge in [0.15, 0.2) is 5.65 Å². The lowest BCUT2D eigenvalue weighted by Gasteiger charge is -2.33. The SMILES string of the molecule is COCc1nc2c(-c3ccc(OCC(C)(CC(C)C)NC(=O)OC(C)(C)C)c(C)c3)ccnc2[nH]1. The van der Waals surface area contributed by atoms with Crippen LogP contribution in [-0.4, -0.2) is 45.9 Å². The maximum atomic E-state index is 12.5. The average molecular weight is 483 g/mol. The number of hydrogen-bond donors (Lipinski definition) is 2. The summed E-state index contributed by atoms with van der Waals surface area (Å²) in [5.41, 5.74) is 3.39. The number of rotatable bonds is 9. The van der Waals surface area contributed by atoms with Gasteiger partial charge < -0.3 is 24.5 Å². The van der Waals surface area contributed by atoms with E-state index >= 15 is 0 Å². The first-order valence-electron chi connectivity index (χ1n) is 12.0. The van der Waals surface area contributed by atoms with Crippen LogP contribution >= 0.6 is 0 Å². The van der Waals surface area contributed by atoms with Gasteiger partial charge in [-0.2, -0.15) is 0 Å². The third-order valence-electron chi connectivity index (χ3n) is 5.41. The van der Waals surface area contributed by atoms with Gasteiger partial charge in [-0.1, -0.05) is 19.9 Å². The summed E-state index contributed by atoms with van der Waals surface area (Å²) in [6.45, 7) is 14.5. The molecular formula is C27H38N4O4. The van der Waals surface area contributed by atoms with Crippen LogP contribution in [0.4, 0.5) is 4.79 Å². The third-order valence-corrected chi connectivity index (χ3v) is 5.41. The van der Waals surface area contributed by atoms with Gasteiger partial charge in [-0.05, 0) is 76.3 Å². The molecule has 1 unspecified atom stereocenters. The second kappa shape index (κ2) is 10.6. The van der Waals surface area contributed by atoms with Crippen molar-refractivity contribution in [2.75, 3.05) is 13.7 Å². The van der Waals surface area contributed by atoms with Crippen LogP contribution in [-0.2, 0) is 16.1 Å². The molecule has 2 N–H and O–H groups in total. The zero-order valence-electron chi connectivity index (χ0n) is 22.1. The molecule has 8 nitrogen and oxygen atoms in total. The normalized spacial score (nSPS) is 13.6. The number of H-pyrrole nitrogens is 1. The summed E-state index contributed by atoms with van der Waals surface area (Å²) in [4.78, 5) is 24.7. The zero-order chi connectivity index (χ0) is 25.8. The van der Waals surface area contributed by atoms with Crippen LogP contribution in [0.25, 0.3) is 22.3 Å². The number of fused-ring (bicyclic) bond motifs is 1. The number of imidazole rings is 1. The number of nitrogens with one attached hydrogen (secondary N) is 2. The van der Waals surface area contributed by atoms with Gasteiger partial charge in [-0.3, -0.25) is 0 Å². The van der Waals surface area contributed by atoms with Crippen LogP contribution in [0.3, 0.4) is 0 Å². The lowest BCUT2D eigenvalue weighted by molar-refractivity contribution is 0.0408. The number of carbonyl (C=O) groups excluding carboxylic acids is 1. The first-order chi connectivity index (χ1) is 16.4. The maximum Gasteiger partial charge on any atom is 0.408 e. The highest BCUT2D eigenvalue weighted by atomic mass is 16.6. The standard InChI is InChI=1S/C27H38N4O4/c1-17(2)14-27(7,31-25(32)35-26(4,5)6)16-34-21-10-9-19(13-18(21)3)20-11-12-28-24-23(20)29-22(30-24)15-33-8/h9-13,17H,14-16H2,1-8H3,(H,31,32)(H,28,29,30). The van der Waals surface area contributed by atoms with E-state index in [-0.39, 0.29) is 0 Å². The van der Waals surface area contributed by atoms with Gasteiger partial charge in [0, 0.05) is 18.9 Å². The summed E-state index contributed by atoms with van der Waals surface area (Å²) in [5.74, 6) is 1.87. The maximum absolute atomic E-state index is 12.5.